The molecule has 2 aromatic rings. The second-order valence-corrected chi connectivity index (χ2v) is 5.73. The van der Waals surface area contributed by atoms with Crippen molar-refractivity contribution in [1.82, 2.24) is 5.32 Å². The van der Waals surface area contributed by atoms with Crippen LogP contribution in [0, 0.1) is 0 Å². The van der Waals surface area contributed by atoms with Crippen LogP contribution in [0.5, 0.6) is 11.5 Å². The molecule has 0 fully saturated rings. The number of rotatable bonds is 5. The van der Waals surface area contributed by atoms with Gasteiger partial charge in [0.2, 0.25) is 0 Å². The van der Waals surface area contributed by atoms with Gasteiger partial charge in [0, 0.05) is 23.7 Å². The van der Waals surface area contributed by atoms with Crippen molar-refractivity contribution in [1.29, 1.82) is 0 Å². The summed E-state index contributed by atoms with van der Waals surface area (Å²) in [5, 5.41) is 4.03. The fraction of sp³-hybridized carbons (Fsp3) is 0.278. The van der Waals surface area contributed by atoms with E-state index in [9.17, 15) is 0 Å². The summed E-state index contributed by atoms with van der Waals surface area (Å²) < 4.78 is 11.3. The molecule has 1 aliphatic heterocycles. The first-order valence-corrected chi connectivity index (χ1v) is 7.98. The summed E-state index contributed by atoms with van der Waals surface area (Å²) in [5.41, 5.74) is 2.07. The van der Waals surface area contributed by atoms with Crippen molar-refractivity contribution >= 4 is 17.4 Å². The molecule has 0 bridgehead atoms. The van der Waals surface area contributed by atoms with Crippen LogP contribution in [0.2, 0.25) is 5.02 Å². The largest absolute Gasteiger partial charge is 0.493 e. The van der Waals surface area contributed by atoms with E-state index in [1.54, 1.807) is 7.11 Å². The number of hydrogen-bond donors (Lipinski definition) is 1. The Labute approximate surface area is 141 Å². The van der Waals surface area contributed by atoms with Crippen molar-refractivity contribution < 1.29 is 9.47 Å². The molecule has 0 atom stereocenters. The van der Waals surface area contributed by atoms with Gasteiger partial charge in [-0.25, -0.2) is 0 Å². The summed E-state index contributed by atoms with van der Waals surface area (Å²) >= 11 is 5.89. The Morgan fingerprint density at radius 2 is 1.96 bits per heavy atom. The fourth-order valence-electron chi connectivity index (χ4n) is 2.40. The highest BCUT2D eigenvalue weighted by Crippen LogP contribution is 2.29. The Morgan fingerprint density at radius 1 is 1.13 bits per heavy atom. The number of ether oxygens (including phenoxy) is 2. The van der Waals surface area contributed by atoms with Crippen LogP contribution in [0.25, 0.3) is 0 Å². The molecular formula is C18H19ClN2O2. The molecule has 2 aromatic carbocycles. The molecule has 23 heavy (non-hydrogen) atoms. The first kappa shape index (κ1) is 15.7. The first-order chi connectivity index (χ1) is 11.3. The minimum atomic E-state index is 0.464. The van der Waals surface area contributed by atoms with Crippen LogP contribution in [0.1, 0.15) is 17.5 Å². The fourth-order valence-corrected chi connectivity index (χ4v) is 2.53. The van der Waals surface area contributed by atoms with Gasteiger partial charge in [-0.05, 0) is 42.3 Å². The average molecular weight is 331 g/mol. The molecule has 0 aliphatic carbocycles. The van der Waals surface area contributed by atoms with E-state index < -0.39 is 0 Å². The Kier molecular flexibility index (Phi) is 5.03. The van der Waals surface area contributed by atoms with Gasteiger partial charge in [0.1, 0.15) is 12.4 Å². The Balaban J connectivity index is 1.74. The van der Waals surface area contributed by atoms with Crippen molar-refractivity contribution in [2.24, 2.45) is 4.99 Å². The summed E-state index contributed by atoms with van der Waals surface area (Å²) in [5.74, 6) is 2.33. The number of nitrogens with zero attached hydrogens (tertiary/aromatic N) is 1. The average Bonchev–Trinajstić information content (AvgIpc) is 2.62. The maximum atomic E-state index is 5.89. The van der Waals surface area contributed by atoms with E-state index in [-0.39, 0.29) is 0 Å². The maximum Gasteiger partial charge on any atom is 0.161 e. The molecular weight excluding hydrogens is 312 g/mol. The van der Waals surface area contributed by atoms with Gasteiger partial charge >= 0.3 is 0 Å². The molecule has 5 heteroatoms. The number of aliphatic imine (C=N–C) groups is 1. The number of nitrogens with one attached hydrogen (secondary N) is 1. The Bertz CT molecular complexity index is 699. The van der Waals surface area contributed by atoms with Gasteiger partial charge in [0.15, 0.2) is 11.5 Å². The number of benzene rings is 2. The van der Waals surface area contributed by atoms with Crippen LogP contribution in [0.4, 0.5) is 0 Å². The van der Waals surface area contributed by atoms with Crippen molar-refractivity contribution in [3.8, 4) is 11.5 Å². The molecule has 1 N–H and O–H groups in total. The third kappa shape index (κ3) is 3.96. The van der Waals surface area contributed by atoms with Crippen LogP contribution in [-0.4, -0.2) is 26.0 Å². The molecule has 0 unspecified atom stereocenters. The van der Waals surface area contributed by atoms with Crippen molar-refractivity contribution in [3.05, 3.63) is 58.6 Å². The lowest BCUT2D eigenvalue weighted by Crippen LogP contribution is -2.30. The molecule has 1 heterocycles. The SMILES string of the molecule is COc1cc(C2=NCCCN2)ccc1OCc1ccc(Cl)cc1. The normalized spacial score (nSPS) is 13.9. The van der Waals surface area contributed by atoms with Crippen LogP contribution in [-0.2, 0) is 6.61 Å². The van der Waals surface area contributed by atoms with Crippen molar-refractivity contribution in [2.45, 2.75) is 13.0 Å². The van der Waals surface area contributed by atoms with Crippen LogP contribution in [0.3, 0.4) is 0 Å². The summed E-state index contributed by atoms with van der Waals surface area (Å²) in [6.45, 7) is 2.28. The van der Waals surface area contributed by atoms with Crippen molar-refractivity contribution in [3.63, 3.8) is 0 Å². The molecule has 0 aromatic heterocycles. The van der Waals surface area contributed by atoms with E-state index in [0.29, 0.717) is 18.1 Å². The van der Waals surface area contributed by atoms with E-state index in [1.165, 1.54) is 0 Å². The van der Waals surface area contributed by atoms with Gasteiger partial charge in [-0.15, -0.1) is 0 Å². The van der Waals surface area contributed by atoms with E-state index in [0.717, 1.165) is 41.5 Å². The van der Waals surface area contributed by atoms with Gasteiger partial charge in [-0.1, -0.05) is 23.7 Å². The lowest BCUT2D eigenvalue weighted by atomic mass is 10.1. The lowest BCUT2D eigenvalue weighted by molar-refractivity contribution is 0.284. The van der Waals surface area contributed by atoms with Crippen LogP contribution < -0.4 is 14.8 Å². The second kappa shape index (κ2) is 7.38. The molecule has 0 amide bonds. The third-order valence-electron chi connectivity index (χ3n) is 3.64. The Morgan fingerprint density at radius 3 is 2.65 bits per heavy atom. The standard InChI is InChI=1S/C18H19ClN2O2/c1-22-17-11-14(18-20-9-2-10-21-18)5-8-16(17)23-12-13-3-6-15(19)7-4-13/h3-8,11H,2,9-10,12H2,1H3,(H,20,21). The number of hydrogen-bond acceptors (Lipinski definition) is 4. The molecule has 4 nitrogen and oxygen atoms in total. The summed E-state index contributed by atoms with van der Waals surface area (Å²) in [6.07, 6.45) is 1.07. The minimum Gasteiger partial charge on any atom is -0.493 e. The molecule has 3 rings (SSSR count). The molecule has 0 saturated heterocycles. The highest BCUT2D eigenvalue weighted by molar-refractivity contribution is 6.30. The molecule has 0 radical (unpaired) electrons. The number of methoxy groups -OCH3 is 1. The van der Waals surface area contributed by atoms with Crippen molar-refractivity contribution in [2.75, 3.05) is 20.2 Å². The predicted octanol–water partition coefficient (Wildman–Crippen LogP) is 3.67. The summed E-state index contributed by atoms with van der Waals surface area (Å²) in [6, 6.07) is 13.5. The van der Waals surface area contributed by atoms with Crippen LogP contribution in [0.15, 0.2) is 47.5 Å². The van der Waals surface area contributed by atoms with Gasteiger partial charge in [-0.2, -0.15) is 0 Å². The molecule has 0 spiro atoms. The second-order valence-electron chi connectivity index (χ2n) is 5.29. The van der Waals surface area contributed by atoms with E-state index in [2.05, 4.69) is 10.3 Å². The minimum absolute atomic E-state index is 0.464. The zero-order chi connectivity index (χ0) is 16.1. The Hall–Kier alpha value is -2.20. The zero-order valence-corrected chi connectivity index (χ0v) is 13.8. The summed E-state index contributed by atoms with van der Waals surface area (Å²) in [4.78, 5) is 4.50. The highest BCUT2D eigenvalue weighted by atomic mass is 35.5. The van der Waals surface area contributed by atoms with E-state index >= 15 is 0 Å². The van der Waals surface area contributed by atoms with Crippen LogP contribution >= 0.6 is 11.6 Å². The van der Waals surface area contributed by atoms with Gasteiger partial charge in [-0.3, -0.25) is 4.99 Å². The van der Waals surface area contributed by atoms with Gasteiger partial charge in [0.05, 0.1) is 7.11 Å². The monoisotopic (exact) mass is 330 g/mol. The molecule has 0 saturated carbocycles. The first-order valence-electron chi connectivity index (χ1n) is 7.60. The molecule has 120 valence electrons. The van der Waals surface area contributed by atoms with Gasteiger partial charge < -0.3 is 14.8 Å². The molecule has 1 aliphatic rings. The smallest absolute Gasteiger partial charge is 0.161 e. The maximum absolute atomic E-state index is 5.89. The predicted molar refractivity (Wildman–Crippen MR) is 92.8 cm³/mol. The lowest BCUT2D eigenvalue weighted by Gasteiger charge is -2.17. The van der Waals surface area contributed by atoms with E-state index in [1.807, 2.05) is 42.5 Å². The topological polar surface area (TPSA) is 42.8 Å². The highest BCUT2D eigenvalue weighted by Gasteiger charge is 2.11. The van der Waals surface area contributed by atoms with Gasteiger partial charge in [0.25, 0.3) is 0 Å². The summed E-state index contributed by atoms with van der Waals surface area (Å²) in [7, 11) is 1.64. The number of amidine groups is 1. The quantitative estimate of drug-likeness (QED) is 0.909. The number of halogens is 1. The third-order valence-corrected chi connectivity index (χ3v) is 3.89. The van der Waals surface area contributed by atoms with E-state index in [4.69, 9.17) is 21.1 Å². The zero-order valence-electron chi connectivity index (χ0n) is 13.0.